The molecule has 0 radical (unpaired) electrons. The lowest BCUT2D eigenvalue weighted by Crippen LogP contribution is -2.50. The van der Waals surface area contributed by atoms with Crippen LogP contribution in [0.15, 0.2) is 30.3 Å². The second kappa shape index (κ2) is 8.17. The molecule has 1 saturated carbocycles. The van der Waals surface area contributed by atoms with Crippen molar-refractivity contribution in [1.82, 2.24) is 5.32 Å². The second-order valence-corrected chi connectivity index (χ2v) is 5.93. The SMILES string of the molecule is CCCNC(C#N)(COCCCc1ccccc1)C1CC1. The summed E-state index contributed by atoms with van der Waals surface area (Å²) in [4.78, 5) is 0. The number of hydrogen-bond donors (Lipinski definition) is 1. The third-order valence-corrected chi connectivity index (χ3v) is 4.09. The Morgan fingerprint density at radius 2 is 2.10 bits per heavy atom. The molecule has 1 fully saturated rings. The zero-order valence-corrected chi connectivity index (χ0v) is 13.0. The lowest BCUT2D eigenvalue weighted by atomic mass is 9.96. The third kappa shape index (κ3) is 4.84. The molecule has 0 aromatic heterocycles. The van der Waals surface area contributed by atoms with Crippen LogP contribution in [0, 0.1) is 17.2 Å². The van der Waals surface area contributed by atoms with E-state index in [9.17, 15) is 5.26 Å². The van der Waals surface area contributed by atoms with Crippen LogP contribution in [-0.2, 0) is 11.2 Å². The first-order chi connectivity index (χ1) is 10.3. The molecule has 1 unspecified atom stereocenters. The molecule has 1 aromatic rings. The minimum atomic E-state index is -0.456. The third-order valence-electron chi connectivity index (χ3n) is 4.09. The molecular formula is C18H26N2O. The van der Waals surface area contributed by atoms with Crippen molar-refractivity contribution < 1.29 is 4.74 Å². The molecule has 1 aromatic carbocycles. The quantitative estimate of drug-likeness (QED) is 0.671. The van der Waals surface area contributed by atoms with Gasteiger partial charge >= 0.3 is 0 Å². The molecule has 0 heterocycles. The fourth-order valence-electron chi connectivity index (χ4n) is 2.66. The molecule has 21 heavy (non-hydrogen) atoms. The highest BCUT2D eigenvalue weighted by Crippen LogP contribution is 2.39. The Hall–Kier alpha value is -1.37. The summed E-state index contributed by atoms with van der Waals surface area (Å²) in [5.74, 6) is 0.475. The Morgan fingerprint density at radius 3 is 2.71 bits per heavy atom. The van der Waals surface area contributed by atoms with E-state index in [1.54, 1.807) is 0 Å². The first-order valence-electron chi connectivity index (χ1n) is 8.08. The highest BCUT2D eigenvalue weighted by Gasteiger charge is 2.45. The van der Waals surface area contributed by atoms with E-state index in [1.807, 2.05) is 6.07 Å². The molecule has 0 saturated heterocycles. The smallest absolute Gasteiger partial charge is 0.133 e. The summed E-state index contributed by atoms with van der Waals surface area (Å²) in [6, 6.07) is 12.9. The fourth-order valence-corrected chi connectivity index (χ4v) is 2.66. The molecule has 3 heteroatoms. The summed E-state index contributed by atoms with van der Waals surface area (Å²) in [6.07, 6.45) is 5.38. The number of ether oxygens (including phenoxy) is 1. The van der Waals surface area contributed by atoms with Crippen molar-refractivity contribution in [3.8, 4) is 6.07 Å². The number of nitrogens with zero attached hydrogens (tertiary/aromatic N) is 1. The number of nitriles is 1. The van der Waals surface area contributed by atoms with Gasteiger partial charge in [0.2, 0.25) is 0 Å². The molecule has 1 aliphatic carbocycles. The zero-order chi connectivity index (χ0) is 15.0. The van der Waals surface area contributed by atoms with E-state index in [-0.39, 0.29) is 0 Å². The van der Waals surface area contributed by atoms with Crippen LogP contribution >= 0.6 is 0 Å². The van der Waals surface area contributed by atoms with Gasteiger partial charge in [0.1, 0.15) is 5.54 Å². The Balaban J connectivity index is 1.71. The molecule has 0 bridgehead atoms. The molecule has 1 aliphatic rings. The van der Waals surface area contributed by atoms with Gasteiger partial charge in [0.15, 0.2) is 0 Å². The number of nitrogens with one attached hydrogen (secondary N) is 1. The summed E-state index contributed by atoms with van der Waals surface area (Å²) in [6.45, 7) is 4.25. The normalized spacial score (nSPS) is 17.1. The van der Waals surface area contributed by atoms with Gasteiger partial charge in [0.25, 0.3) is 0 Å². The van der Waals surface area contributed by atoms with Crippen LogP contribution in [0.1, 0.15) is 38.2 Å². The average molecular weight is 286 g/mol. The molecule has 1 atom stereocenters. The van der Waals surface area contributed by atoms with E-state index in [1.165, 1.54) is 5.56 Å². The predicted molar refractivity (Wildman–Crippen MR) is 84.9 cm³/mol. The van der Waals surface area contributed by atoms with Crippen LogP contribution in [-0.4, -0.2) is 25.3 Å². The van der Waals surface area contributed by atoms with Crippen molar-refractivity contribution in [2.24, 2.45) is 5.92 Å². The topological polar surface area (TPSA) is 45.0 Å². The summed E-state index contributed by atoms with van der Waals surface area (Å²) in [7, 11) is 0. The van der Waals surface area contributed by atoms with Gasteiger partial charge in [0, 0.05) is 6.61 Å². The zero-order valence-electron chi connectivity index (χ0n) is 13.0. The van der Waals surface area contributed by atoms with Crippen molar-refractivity contribution >= 4 is 0 Å². The predicted octanol–water partition coefficient (Wildman–Crippen LogP) is 3.31. The van der Waals surface area contributed by atoms with Crippen LogP contribution in [0.25, 0.3) is 0 Å². The van der Waals surface area contributed by atoms with Gasteiger partial charge in [-0.25, -0.2) is 0 Å². The van der Waals surface area contributed by atoms with Crippen molar-refractivity contribution in [3.63, 3.8) is 0 Å². The second-order valence-electron chi connectivity index (χ2n) is 5.93. The molecule has 2 rings (SSSR count). The maximum absolute atomic E-state index is 9.56. The van der Waals surface area contributed by atoms with E-state index < -0.39 is 5.54 Å². The highest BCUT2D eigenvalue weighted by molar-refractivity contribution is 5.16. The largest absolute Gasteiger partial charge is 0.378 e. The lowest BCUT2D eigenvalue weighted by Gasteiger charge is -2.27. The van der Waals surface area contributed by atoms with E-state index in [0.717, 1.165) is 45.3 Å². The van der Waals surface area contributed by atoms with Crippen molar-refractivity contribution in [2.75, 3.05) is 19.8 Å². The van der Waals surface area contributed by atoms with Gasteiger partial charge in [-0.05, 0) is 50.1 Å². The number of hydrogen-bond acceptors (Lipinski definition) is 3. The number of benzene rings is 1. The first-order valence-corrected chi connectivity index (χ1v) is 8.08. The maximum Gasteiger partial charge on any atom is 0.133 e. The summed E-state index contributed by atoms with van der Waals surface area (Å²) >= 11 is 0. The molecule has 0 aliphatic heterocycles. The summed E-state index contributed by atoms with van der Waals surface area (Å²) in [5, 5.41) is 13.0. The van der Waals surface area contributed by atoms with E-state index in [2.05, 4.69) is 42.6 Å². The fraction of sp³-hybridized carbons (Fsp3) is 0.611. The molecule has 1 N–H and O–H groups in total. The van der Waals surface area contributed by atoms with Gasteiger partial charge in [-0.2, -0.15) is 5.26 Å². The van der Waals surface area contributed by atoms with E-state index in [0.29, 0.717) is 12.5 Å². The van der Waals surface area contributed by atoms with Crippen molar-refractivity contribution in [2.45, 2.75) is 44.6 Å². The first kappa shape index (κ1) is 16.0. The number of aryl methyl sites for hydroxylation is 1. The van der Waals surface area contributed by atoms with Crippen LogP contribution < -0.4 is 5.32 Å². The maximum atomic E-state index is 9.56. The monoisotopic (exact) mass is 286 g/mol. The van der Waals surface area contributed by atoms with Crippen LogP contribution in [0.3, 0.4) is 0 Å². The van der Waals surface area contributed by atoms with Crippen LogP contribution in [0.5, 0.6) is 0 Å². The summed E-state index contributed by atoms with van der Waals surface area (Å²) < 4.78 is 5.83. The van der Waals surface area contributed by atoms with E-state index in [4.69, 9.17) is 4.74 Å². The van der Waals surface area contributed by atoms with Gasteiger partial charge in [-0.3, -0.25) is 5.32 Å². The molecule has 0 amide bonds. The van der Waals surface area contributed by atoms with E-state index >= 15 is 0 Å². The van der Waals surface area contributed by atoms with Crippen molar-refractivity contribution in [3.05, 3.63) is 35.9 Å². The molecular weight excluding hydrogens is 260 g/mol. The minimum Gasteiger partial charge on any atom is -0.378 e. The van der Waals surface area contributed by atoms with Gasteiger partial charge in [-0.1, -0.05) is 37.3 Å². The van der Waals surface area contributed by atoms with Gasteiger partial charge in [-0.15, -0.1) is 0 Å². The summed E-state index contributed by atoms with van der Waals surface area (Å²) in [5.41, 5.74) is 0.891. The molecule has 114 valence electrons. The Bertz CT molecular complexity index is 450. The Kier molecular flexibility index (Phi) is 6.22. The average Bonchev–Trinajstić information content (AvgIpc) is 3.37. The number of rotatable bonds is 10. The minimum absolute atomic E-state index is 0.456. The van der Waals surface area contributed by atoms with Gasteiger partial charge < -0.3 is 4.74 Å². The Morgan fingerprint density at radius 1 is 1.33 bits per heavy atom. The lowest BCUT2D eigenvalue weighted by molar-refractivity contribution is 0.0794. The van der Waals surface area contributed by atoms with Crippen molar-refractivity contribution in [1.29, 1.82) is 5.26 Å². The van der Waals surface area contributed by atoms with Crippen LogP contribution in [0.4, 0.5) is 0 Å². The standard InChI is InChI=1S/C18H26N2O/c1-2-12-20-18(14-19,17-10-11-17)15-21-13-6-9-16-7-4-3-5-8-16/h3-5,7-8,17,20H,2,6,9-13,15H2,1H3. The molecule has 3 nitrogen and oxygen atoms in total. The highest BCUT2D eigenvalue weighted by atomic mass is 16.5. The molecule has 0 spiro atoms. The van der Waals surface area contributed by atoms with Crippen LogP contribution in [0.2, 0.25) is 0 Å². The van der Waals surface area contributed by atoms with Gasteiger partial charge in [0.05, 0.1) is 12.7 Å². The Labute approximate surface area is 128 Å².